The molecule has 0 aliphatic carbocycles. The van der Waals surface area contributed by atoms with E-state index in [2.05, 4.69) is 15.0 Å². The summed E-state index contributed by atoms with van der Waals surface area (Å²) < 4.78 is 1.87. The predicted octanol–water partition coefficient (Wildman–Crippen LogP) is 1.02. The summed E-state index contributed by atoms with van der Waals surface area (Å²) in [6.07, 6.45) is 4.41. The molecule has 0 aromatic carbocycles. The number of nitrogens with zero attached hydrogens (tertiary/aromatic N) is 4. The highest BCUT2D eigenvalue weighted by molar-refractivity contribution is 5.48. The van der Waals surface area contributed by atoms with Crippen LogP contribution in [0, 0.1) is 0 Å². The Labute approximate surface area is 88.0 Å². The number of aryl methyl sites for hydroxylation is 2. The number of rotatable bonds is 2. The third kappa shape index (κ3) is 1.81. The maximum Gasteiger partial charge on any atom is 0.198 e. The highest BCUT2D eigenvalue weighted by atomic mass is 15.1. The molecule has 0 saturated carbocycles. The van der Waals surface area contributed by atoms with Gasteiger partial charge in [0.05, 0.1) is 0 Å². The van der Waals surface area contributed by atoms with Gasteiger partial charge in [0.25, 0.3) is 0 Å². The molecule has 2 rings (SSSR count). The molecule has 5 heteroatoms. The van der Waals surface area contributed by atoms with E-state index in [0.29, 0.717) is 11.6 Å². The largest absolute Gasteiger partial charge is 0.384 e. The summed E-state index contributed by atoms with van der Waals surface area (Å²) in [5, 5.41) is 0. The second-order valence-corrected chi connectivity index (χ2v) is 3.32. The number of hydrogen-bond acceptors (Lipinski definition) is 4. The van der Waals surface area contributed by atoms with E-state index in [1.54, 1.807) is 12.3 Å². The summed E-state index contributed by atoms with van der Waals surface area (Å²) in [6.45, 7) is 2.03. The van der Waals surface area contributed by atoms with Crippen LogP contribution in [0.15, 0.2) is 18.5 Å². The normalized spacial score (nSPS) is 10.5. The lowest BCUT2D eigenvalue weighted by Crippen LogP contribution is -2.02. The Bertz CT molecular complexity index is 474. The van der Waals surface area contributed by atoms with Crippen molar-refractivity contribution >= 4 is 5.82 Å². The molecule has 0 amide bonds. The number of nitrogens with two attached hydrogens (primary N) is 1. The minimum absolute atomic E-state index is 0.486. The van der Waals surface area contributed by atoms with E-state index in [4.69, 9.17) is 5.73 Å². The van der Waals surface area contributed by atoms with E-state index in [0.717, 1.165) is 17.9 Å². The van der Waals surface area contributed by atoms with Crippen molar-refractivity contribution in [1.29, 1.82) is 0 Å². The number of imidazole rings is 1. The van der Waals surface area contributed by atoms with Crippen LogP contribution in [0.1, 0.15) is 12.6 Å². The molecule has 78 valence electrons. The Hall–Kier alpha value is -1.91. The zero-order chi connectivity index (χ0) is 10.8. The number of nitrogen functional groups attached to an aromatic ring is 1. The van der Waals surface area contributed by atoms with E-state index < -0.39 is 0 Å². The molecule has 0 radical (unpaired) electrons. The van der Waals surface area contributed by atoms with E-state index in [9.17, 15) is 0 Å². The smallest absolute Gasteiger partial charge is 0.198 e. The molecule has 0 aliphatic rings. The first-order valence-electron chi connectivity index (χ1n) is 4.82. The van der Waals surface area contributed by atoms with Crippen molar-refractivity contribution in [2.75, 3.05) is 5.73 Å². The van der Waals surface area contributed by atoms with Crippen molar-refractivity contribution in [3.8, 4) is 11.6 Å². The Morgan fingerprint density at radius 2 is 2.20 bits per heavy atom. The molecule has 15 heavy (non-hydrogen) atoms. The molecule has 5 nitrogen and oxygen atoms in total. The number of hydrogen-bond donors (Lipinski definition) is 1. The van der Waals surface area contributed by atoms with E-state index in [1.165, 1.54) is 0 Å². The second kappa shape index (κ2) is 3.68. The van der Waals surface area contributed by atoms with Crippen LogP contribution < -0.4 is 5.73 Å². The lowest BCUT2D eigenvalue weighted by atomic mass is 10.3. The van der Waals surface area contributed by atoms with Gasteiger partial charge in [0, 0.05) is 31.2 Å². The summed E-state index contributed by atoms with van der Waals surface area (Å²) in [4.78, 5) is 12.7. The first-order chi connectivity index (χ1) is 7.20. The van der Waals surface area contributed by atoms with Gasteiger partial charge in [-0.05, 0) is 6.42 Å². The van der Waals surface area contributed by atoms with Gasteiger partial charge in [-0.2, -0.15) is 0 Å². The lowest BCUT2D eigenvalue weighted by molar-refractivity contribution is 0.897. The maximum absolute atomic E-state index is 5.70. The standard InChI is InChI=1S/C10H13N5/c1-3-7-6-8(11)14-9(13-7)10-12-4-5-15(10)2/h4-6H,3H2,1-2H3,(H2,11,13,14). The zero-order valence-corrected chi connectivity index (χ0v) is 8.81. The molecule has 0 fully saturated rings. The summed E-state index contributed by atoms with van der Waals surface area (Å²) in [7, 11) is 1.90. The number of aromatic nitrogens is 4. The van der Waals surface area contributed by atoms with Crippen molar-refractivity contribution in [3.05, 3.63) is 24.2 Å². The quantitative estimate of drug-likeness (QED) is 0.791. The van der Waals surface area contributed by atoms with E-state index in [-0.39, 0.29) is 0 Å². The second-order valence-electron chi connectivity index (χ2n) is 3.32. The number of anilines is 1. The molecule has 2 N–H and O–H groups in total. The zero-order valence-electron chi connectivity index (χ0n) is 8.81. The fourth-order valence-electron chi connectivity index (χ4n) is 1.38. The molecule has 0 bridgehead atoms. The van der Waals surface area contributed by atoms with Gasteiger partial charge in [0.2, 0.25) is 0 Å². The van der Waals surface area contributed by atoms with Crippen molar-refractivity contribution in [1.82, 2.24) is 19.5 Å². The molecular formula is C10H13N5. The third-order valence-corrected chi connectivity index (χ3v) is 2.18. The van der Waals surface area contributed by atoms with Crippen LogP contribution in [0.5, 0.6) is 0 Å². The summed E-state index contributed by atoms with van der Waals surface area (Å²) in [5.41, 5.74) is 6.63. The Balaban J connectivity index is 2.53. The Morgan fingerprint density at radius 1 is 1.40 bits per heavy atom. The van der Waals surface area contributed by atoms with Crippen LogP contribution >= 0.6 is 0 Å². The fraction of sp³-hybridized carbons (Fsp3) is 0.300. The average Bonchev–Trinajstić information content (AvgIpc) is 2.63. The van der Waals surface area contributed by atoms with Gasteiger partial charge in [-0.1, -0.05) is 6.92 Å². The minimum Gasteiger partial charge on any atom is -0.384 e. The van der Waals surface area contributed by atoms with Crippen LogP contribution in [0.4, 0.5) is 5.82 Å². The van der Waals surface area contributed by atoms with Crippen molar-refractivity contribution in [2.45, 2.75) is 13.3 Å². The molecule has 0 saturated heterocycles. The van der Waals surface area contributed by atoms with Crippen LogP contribution in [0.25, 0.3) is 11.6 Å². The monoisotopic (exact) mass is 203 g/mol. The molecular weight excluding hydrogens is 190 g/mol. The molecule has 0 unspecified atom stereocenters. The molecule has 2 heterocycles. The highest BCUT2D eigenvalue weighted by Gasteiger charge is 2.08. The van der Waals surface area contributed by atoms with Crippen molar-refractivity contribution in [2.24, 2.45) is 7.05 Å². The van der Waals surface area contributed by atoms with Gasteiger partial charge in [-0.25, -0.2) is 15.0 Å². The molecule has 0 aliphatic heterocycles. The average molecular weight is 203 g/mol. The van der Waals surface area contributed by atoms with Crippen LogP contribution in [0.3, 0.4) is 0 Å². The fourth-order valence-corrected chi connectivity index (χ4v) is 1.38. The minimum atomic E-state index is 0.486. The van der Waals surface area contributed by atoms with Crippen molar-refractivity contribution in [3.63, 3.8) is 0 Å². The lowest BCUT2D eigenvalue weighted by Gasteiger charge is -2.03. The van der Waals surface area contributed by atoms with E-state index in [1.807, 2.05) is 24.7 Å². The van der Waals surface area contributed by atoms with Gasteiger partial charge in [-0.15, -0.1) is 0 Å². The molecule has 2 aromatic heterocycles. The van der Waals surface area contributed by atoms with Gasteiger partial charge >= 0.3 is 0 Å². The first kappa shape index (κ1) is 9.64. The summed E-state index contributed by atoms with van der Waals surface area (Å²) in [5.74, 6) is 1.80. The highest BCUT2D eigenvalue weighted by Crippen LogP contribution is 2.14. The molecule has 0 atom stereocenters. The topological polar surface area (TPSA) is 69.6 Å². The first-order valence-corrected chi connectivity index (χ1v) is 4.82. The van der Waals surface area contributed by atoms with Crippen molar-refractivity contribution < 1.29 is 0 Å². The van der Waals surface area contributed by atoms with Crippen LogP contribution in [0.2, 0.25) is 0 Å². The molecule has 0 spiro atoms. The summed E-state index contributed by atoms with van der Waals surface area (Å²) >= 11 is 0. The van der Waals surface area contributed by atoms with Gasteiger partial charge in [0.1, 0.15) is 5.82 Å². The predicted molar refractivity (Wildman–Crippen MR) is 58.0 cm³/mol. The Kier molecular flexibility index (Phi) is 2.37. The van der Waals surface area contributed by atoms with Gasteiger partial charge in [-0.3, -0.25) is 0 Å². The van der Waals surface area contributed by atoms with Crippen LogP contribution in [-0.2, 0) is 13.5 Å². The Morgan fingerprint density at radius 3 is 2.80 bits per heavy atom. The van der Waals surface area contributed by atoms with Gasteiger partial charge < -0.3 is 10.3 Å². The SMILES string of the molecule is CCc1cc(N)nc(-c2nccn2C)n1. The third-order valence-electron chi connectivity index (χ3n) is 2.18. The molecule has 2 aromatic rings. The van der Waals surface area contributed by atoms with Crippen LogP contribution in [-0.4, -0.2) is 19.5 Å². The summed E-state index contributed by atoms with van der Waals surface area (Å²) in [6, 6.07) is 1.78. The van der Waals surface area contributed by atoms with E-state index >= 15 is 0 Å². The van der Waals surface area contributed by atoms with Gasteiger partial charge in [0.15, 0.2) is 11.6 Å². The maximum atomic E-state index is 5.70.